The SMILES string of the molecule is CC(C)COc1c(Cl)cc(/C=N/Nc2ccc(Cl)cc2)cc1Cl. The number of halogens is 3. The Kier molecular flexibility index (Phi) is 6.58. The summed E-state index contributed by atoms with van der Waals surface area (Å²) in [6.45, 7) is 4.68. The van der Waals surface area contributed by atoms with Gasteiger partial charge in [-0.15, -0.1) is 0 Å². The van der Waals surface area contributed by atoms with Gasteiger partial charge in [0.2, 0.25) is 0 Å². The molecule has 0 amide bonds. The Balaban J connectivity index is 2.05. The van der Waals surface area contributed by atoms with Crippen molar-refractivity contribution in [1.82, 2.24) is 0 Å². The van der Waals surface area contributed by atoms with Crippen molar-refractivity contribution in [3.05, 3.63) is 57.0 Å². The number of hydrogen-bond acceptors (Lipinski definition) is 3. The molecule has 2 rings (SSSR count). The molecule has 6 heteroatoms. The molecule has 122 valence electrons. The summed E-state index contributed by atoms with van der Waals surface area (Å²) in [6, 6.07) is 10.8. The van der Waals surface area contributed by atoms with Gasteiger partial charge in [0.25, 0.3) is 0 Å². The average molecular weight is 372 g/mol. The minimum atomic E-state index is 0.395. The number of ether oxygens (including phenoxy) is 1. The molecule has 0 saturated heterocycles. The van der Waals surface area contributed by atoms with Crippen LogP contribution in [0.15, 0.2) is 41.5 Å². The monoisotopic (exact) mass is 370 g/mol. The van der Waals surface area contributed by atoms with E-state index in [-0.39, 0.29) is 0 Å². The van der Waals surface area contributed by atoms with Gasteiger partial charge in [0.15, 0.2) is 5.75 Å². The maximum atomic E-state index is 6.23. The molecule has 0 spiro atoms. The van der Waals surface area contributed by atoms with Gasteiger partial charge in [0.05, 0.1) is 28.6 Å². The molecular weight excluding hydrogens is 355 g/mol. The predicted molar refractivity (Wildman–Crippen MR) is 99.5 cm³/mol. The largest absolute Gasteiger partial charge is 0.490 e. The highest BCUT2D eigenvalue weighted by molar-refractivity contribution is 6.37. The summed E-state index contributed by atoms with van der Waals surface area (Å²) in [5.74, 6) is 0.900. The smallest absolute Gasteiger partial charge is 0.156 e. The zero-order valence-electron chi connectivity index (χ0n) is 12.8. The lowest BCUT2D eigenvalue weighted by Gasteiger charge is -2.12. The van der Waals surface area contributed by atoms with Crippen molar-refractivity contribution in [1.29, 1.82) is 0 Å². The van der Waals surface area contributed by atoms with Crippen LogP contribution in [0.25, 0.3) is 0 Å². The fraction of sp³-hybridized carbons (Fsp3) is 0.235. The van der Waals surface area contributed by atoms with E-state index >= 15 is 0 Å². The minimum absolute atomic E-state index is 0.395. The maximum Gasteiger partial charge on any atom is 0.156 e. The van der Waals surface area contributed by atoms with Crippen LogP contribution in [0.2, 0.25) is 15.1 Å². The van der Waals surface area contributed by atoms with E-state index in [1.54, 1.807) is 30.5 Å². The van der Waals surface area contributed by atoms with Crippen LogP contribution in [0.1, 0.15) is 19.4 Å². The molecule has 0 aliphatic rings. The fourth-order valence-electron chi connectivity index (χ4n) is 1.75. The number of nitrogens with zero attached hydrogens (tertiary/aromatic N) is 1. The van der Waals surface area contributed by atoms with Crippen LogP contribution >= 0.6 is 34.8 Å². The van der Waals surface area contributed by atoms with Gasteiger partial charge in [-0.1, -0.05) is 48.7 Å². The standard InChI is InChI=1S/C17H17Cl3N2O/c1-11(2)10-23-17-15(19)7-12(8-16(17)20)9-21-22-14-5-3-13(18)4-6-14/h3-9,11,22H,10H2,1-2H3/b21-9+. The summed E-state index contributed by atoms with van der Waals surface area (Å²) < 4.78 is 5.63. The molecule has 0 fully saturated rings. The Hall–Kier alpha value is -1.42. The van der Waals surface area contributed by atoms with E-state index in [1.807, 2.05) is 12.1 Å². The van der Waals surface area contributed by atoms with Crippen LogP contribution in [-0.4, -0.2) is 12.8 Å². The van der Waals surface area contributed by atoms with Crippen LogP contribution < -0.4 is 10.2 Å². The quantitative estimate of drug-likeness (QED) is 0.489. The van der Waals surface area contributed by atoms with Crippen molar-refractivity contribution in [3.8, 4) is 5.75 Å². The highest BCUT2D eigenvalue weighted by atomic mass is 35.5. The molecule has 3 nitrogen and oxygen atoms in total. The van der Waals surface area contributed by atoms with Crippen LogP contribution in [0, 0.1) is 5.92 Å². The third-order valence-corrected chi connectivity index (χ3v) is 3.65. The van der Waals surface area contributed by atoms with Crippen LogP contribution in [0.5, 0.6) is 5.75 Å². The summed E-state index contributed by atoms with van der Waals surface area (Å²) >= 11 is 18.3. The lowest BCUT2D eigenvalue weighted by molar-refractivity contribution is 0.271. The van der Waals surface area contributed by atoms with E-state index < -0.39 is 0 Å². The first-order valence-electron chi connectivity index (χ1n) is 7.12. The molecule has 0 unspecified atom stereocenters. The Morgan fingerprint density at radius 1 is 1.09 bits per heavy atom. The number of anilines is 1. The average Bonchev–Trinajstić information content (AvgIpc) is 2.48. The maximum absolute atomic E-state index is 6.23. The molecule has 0 aromatic heterocycles. The first-order valence-corrected chi connectivity index (χ1v) is 8.25. The van der Waals surface area contributed by atoms with Crippen molar-refractivity contribution in [2.45, 2.75) is 13.8 Å². The van der Waals surface area contributed by atoms with Crippen molar-refractivity contribution in [3.63, 3.8) is 0 Å². The molecule has 23 heavy (non-hydrogen) atoms. The van der Waals surface area contributed by atoms with Gasteiger partial charge >= 0.3 is 0 Å². The molecule has 0 radical (unpaired) electrons. The molecule has 0 heterocycles. The summed E-state index contributed by atoms with van der Waals surface area (Å²) in [7, 11) is 0. The van der Waals surface area contributed by atoms with Crippen molar-refractivity contribution in [2.75, 3.05) is 12.0 Å². The van der Waals surface area contributed by atoms with Crippen LogP contribution in [-0.2, 0) is 0 Å². The lowest BCUT2D eigenvalue weighted by atomic mass is 10.2. The van der Waals surface area contributed by atoms with Crippen molar-refractivity contribution in [2.24, 2.45) is 11.0 Å². The van der Waals surface area contributed by atoms with E-state index in [1.165, 1.54) is 0 Å². The van der Waals surface area contributed by atoms with E-state index in [9.17, 15) is 0 Å². The normalized spacial score (nSPS) is 11.2. The van der Waals surface area contributed by atoms with Gasteiger partial charge in [-0.2, -0.15) is 5.10 Å². The first kappa shape index (κ1) is 17.9. The minimum Gasteiger partial charge on any atom is -0.490 e. The van der Waals surface area contributed by atoms with E-state index in [2.05, 4.69) is 24.4 Å². The molecule has 0 bridgehead atoms. The Bertz CT molecular complexity index is 662. The summed E-state index contributed by atoms with van der Waals surface area (Å²) in [6.07, 6.45) is 1.64. The third-order valence-electron chi connectivity index (χ3n) is 2.83. The Labute approximate surface area is 151 Å². The summed E-state index contributed by atoms with van der Waals surface area (Å²) in [4.78, 5) is 0. The molecule has 2 aromatic rings. The lowest BCUT2D eigenvalue weighted by Crippen LogP contribution is -2.05. The van der Waals surface area contributed by atoms with Gasteiger partial charge in [0, 0.05) is 5.02 Å². The van der Waals surface area contributed by atoms with E-state index in [0.29, 0.717) is 33.3 Å². The van der Waals surface area contributed by atoms with Crippen LogP contribution in [0.3, 0.4) is 0 Å². The highest BCUT2D eigenvalue weighted by Gasteiger charge is 2.10. The van der Waals surface area contributed by atoms with Gasteiger partial charge in [-0.05, 0) is 47.9 Å². The first-order chi connectivity index (χ1) is 11.0. The topological polar surface area (TPSA) is 33.6 Å². The van der Waals surface area contributed by atoms with Gasteiger partial charge < -0.3 is 4.74 Å². The number of hydrazone groups is 1. The van der Waals surface area contributed by atoms with Gasteiger partial charge in [0.1, 0.15) is 0 Å². The molecule has 1 N–H and O–H groups in total. The number of nitrogens with one attached hydrogen (secondary N) is 1. The molecule has 2 aromatic carbocycles. The molecule has 0 aliphatic heterocycles. The molecular formula is C17H17Cl3N2O. The molecule has 0 aliphatic carbocycles. The molecule has 0 saturated carbocycles. The summed E-state index contributed by atoms with van der Waals surface area (Å²) in [5.41, 5.74) is 4.52. The Morgan fingerprint density at radius 3 is 2.26 bits per heavy atom. The van der Waals surface area contributed by atoms with Crippen molar-refractivity contribution < 1.29 is 4.74 Å². The zero-order chi connectivity index (χ0) is 16.8. The molecule has 0 atom stereocenters. The second-order valence-electron chi connectivity index (χ2n) is 5.40. The highest BCUT2D eigenvalue weighted by Crippen LogP contribution is 2.34. The third kappa shape index (κ3) is 5.61. The van der Waals surface area contributed by atoms with E-state index in [4.69, 9.17) is 39.5 Å². The zero-order valence-corrected chi connectivity index (χ0v) is 15.1. The number of hydrogen-bond donors (Lipinski definition) is 1. The number of benzene rings is 2. The van der Waals surface area contributed by atoms with Gasteiger partial charge in [-0.3, -0.25) is 5.43 Å². The van der Waals surface area contributed by atoms with Gasteiger partial charge in [-0.25, -0.2) is 0 Å². The van der Waals surface area contributed by atoms with Crippen molar-refractivity contribution >= 4 is 46.7 Å². The van der Waals surface area contributed by atoms with E-state index in [0.717, 1.165) is 11.3 Å². The fourth-order valence-corrected chi connectivity index (χ4v) is 2.49. The van der Waals surface area contributed by atoms with Crippen LogP contribution in [0.4, 0.5) is 5.69 Å². The predicted octanol–water partition coefficient (Wildman–Crippen LogP) is 6.13. The Morgan fingerprint density at radius 2 is 1.70 bits per heavy atom. The summed E-state index contributed by atoms with van der Waals surface area (Å²) in [5, 5.41) is 5.76. The second-order valence-corrected chi connectivity index (χ2v) is 6.65. The number of rotatable bonds is 6. The second kappa shape index (κ2) is 8.44.